The Morgan fingerprint density at radius 3 is 1.00 bits per heavy atom. The van der Waals surface area contributed by atoms with Gasteiger partial charge in [0.2, 0.25) is 0 Å². The molecule has 0 spiro atoms. The first-order chi connectivity index (χ1) is 3.46. The normalized spacial score (nSPS) is 4.36. The molecule has 0 unspecified atom stereocenters. The molecule has 0 N–H and O–H groups in total. The summed E-state index contributed by atoms with van der Waals surface area (Å²) in [5.41, 5.74) is 0. The molecule has 0 bridgehead atoms. The summed E-state index contributed by atoms with van der Waals surface area (Å²) >= 11 is 0. The van der Waals surface area contributed by atoms with E-state index in [2.05, 4.69) is 0 Å². The van der Waals surface area contributed by atoms with Gasteiger partial charge in [-0.1, -0.05) is 0 Å². The van der Waals surface area contributed by atoms with E-state index in [1.165, 1.54) is 0 Å². The van der Waals surface area contributed by atoms with Crippen LogP contribution >= 0.6 is 0 Å². The van der Waals surface area contributed by atoms with E-state index in [0.717, 1.165) is 0 Å². The summed E-state index contributed by atoms with van der Waals surface area (Å²) in [6, 6.07) is 0. The molecule has 54 valence electrons. The van der Waals surface area contributed by atoms with Crippen molar-refractivity contribution in [3.63, 3.8) is 0 Å². The monoisotopic (exact) mass is 753 g/mol. The van der Waals surface area contributed by atoms with Crippen molar-refractivity contribution < 1.29 is 19.1 Å². The first-order valence-corrected chi connectivity index (χ1v) is 2.38. The summed E-state index contributed by atoms with van der Waals surface area (Å²) in [5.74, 6) is 0. The molecule has 0 amide bonds. The average Bonchev–Trinajstić information content (AvgIpc) is 1.25. The van der Waals surface area contributed by atoms with Crippen LogP contribution in [-0.4, -0.2) is 96.2 Å². The molecule has 0 saturated carbocycles. The summed E-state index contributed by atoms with van der Waals surface area (Å²) in [5, 5.41) is 14.8. The van der Waals surface area contributed by atoms with Gasteiger partial charge in [-0.25, -0.2) is 0 Å². The molecule has 0 aliphatic carbocycles. The zero-order valence-corrected chi connectivity index (χ0v) is 19.6. The Kier molecular flexibility index (Phi) is 60.2. The molecule has 0 aromatic rings. The summed E-state index contributed by atoms with van der Waals surface area (Å²) in [6.07, 6.45) is 0. The third kappa shape index (κ3) is 424. The Morgan fingerprint density at radius 1 is 1.00 bits per heavy atom. The zero-order valence-electron chi connectivity index (χ0n) is 5.13. The number of hydrogen-bond donors (Lipinski definition) is 0. The van der Waals surface area contributed by atoms with Gasteiger partial charge in [0.1, 0.15) is 0 Å². The first kappa shape index (κ1) is 29.4. The molecule has 0 heterocycles. The maximum atomic E-state index is 8.52. The van der Waals surface area contributed by atoms with E-state index in [1.807, 2.05) is 0 Å². The minimum Gasteiger partial charge on any atom is -0.672 e. The third-order valence-electron chi connectivity index (χ3n) is 0. The standard InChI is InChI=1S/NO3.O3Si.3Tl/c2-1(3)4;1-4(2)3;;;/q-1;-2;3*+1. The molecule has 0 atom stereocenters. The molecular weight excluding hydrogens is 751 g/mol. The summed E-state index contributed by atoms with van der Waals surface area (Å²) in [7, 11) is -3.63. The van der Waals surface area contributed by atoms with E-state index < -0.39 is 14.3 Å². The SMILES string of the molecule is O=[N+]([O-])[O-].O=[Si]([O-])[O-].[Tl+].[Tl+].[Tl+]. The minimum absolute atomic E-state index is 0. The maximum Gasteiger partial charge on any atom is 1.00 e. The molecule has 0 rings (SSSR count). The molecule has 0 fully saturated rings. The predicted octanol–water partition coefficient (Wildman–Crippen LogP) is -4.26. The molecule has 0 aromatic carbocycles. The largest absolute Gasteiger partial charge is 1.00 e. The van der Waals surface area contributed by atoms with Gasteiger partial charge in [0.15, 0.2) is 0 Å². The van der Waals surface area contributed by atoms with Gasteiger partial charge in [0, 0.05) is 9.17 Å². The molecular formula is NO6SiTl3. The molecule has 7 nitrogen and oxygen atoms in total. The van der Waals surface area contributed by atoms with Crippen LogP contribution in [0.15, 0.2) is 0 Å². The van der Waals surface area contributed by atoms with Crippen LogP contribution in [-0.2, 0) is 4.46 Å². The van der Waals surface area contributed by atoms with Crippen molar-refractivity contribution >= 4 is 91.1 Å². The molecule has 0 aromatic heterocycles. The molecule has 0 aliphatic rings. The molecule has 0 radical (unpaired) electrons. The molecule has 0 saturated heterocycles. The van der Waals surface area contributed by atoms with E-state index in [0.29, 0.717) is 0 Å². The number of rotatable bonds is 0. The summed E-state index contributed by atoms with van der Waals surface area (Å²) in [4.78, 5) is 25.3. The maximum absolute atomic E-state index is 8.52. The number of nitrogens with zero attached hydrogens (tertiary/aromatic N) is 1. The fraction of sp³-hybridized carbons (Fsp3) is 0. The average molecular weight is 751 g/mol. The third-order valence-corrected chi connectivity index (χ3v) is 0. The first-order valence-electron chi connectivity index (χ1n) is 1.16. The topological polar surface area (TPSA) is 129 Å². The van der Waals surface area contributed by atoms with Gasteiger partial charge in [-0.2, -0.15) is 0 Å². The van der Waals surface area contributed by atoms with Crippen molar-refractivity contribution in [1.82, 2.24) is 0 Å². The van der Waals surface area contributed by atoms with Gasteiger partial charge in [0.05, 0.1) is 5.09 Å². The van der Waals surface area contributed by atoms with E-state index in [1.54, 1.807) is 0 Å². The fourth-order valence-electron chi connectivity index (χ4n) is 0. The van der Waals surface area contributed by atoms with E-state index in [-0.39, 0.29) is 81.9 Å². The quantitative estimate of drug-likeness (QED) is 0.140. The summed E-state index contributed by atoms with van der Waals surface area (Å²) < 4.78 is 8.52. The van der Waals surface area contributed by atoms with Crippen LogP contribution in [0.5, 0.6) is 0 Å². The van der Waals surface area contributed by atoms with Crippen LogP contribution in [0.25, 0.3) is 0 Å². The second-order valence-electron chi connectivity index (χ2n) is 0.474. The van der Waals surface area contributed by atoms with Gasteiger partial charge < -0.3 is 29.4 Å². The van der Waals surface area contributed by atoms with Crippen molar-refractivity contribution in [2.45, 2.75) is 0 Å². The Hall–Kier alpha value is 1.58. The van der Waals surface area contributed by atoms with Gasteiger partial charge in [-0.05, 0) is 0 Å². The molecule has 0 aliphatic heterocycles. The second kappa shape index (κ2) is 22.6. The van der Waals surface area contributed by atoms with Gasteiger partial charge in [-0.3, -0.25) is 0 Å². The predicted molar refractivity (Wildman–Crippen MR) is 34.1 cm³/mol. The van der Waals surface area contributed by atoms with Gasteiger partial charge >= 0.3 is 81.9 Å². The second-order valence-corrected chi connectivity index (χ2v) is 0.974. The Bertz CT molecular complexity index is 75.8. The fourth-order valence-corrected chi connectivity index (χ4v) is 0. The van der Waals surface area contributed by atoms with Crippen molar-refractivity contribution in [1.29, 1.82) is 0 Å². The van der Waals surface area contributed by atoms with Crippen LogP contribution in [0.3, 0.4) is 0 Å². The van der Waals surface area contributed by atoms with Crippen LogP contribution in [0.2, 0.25) is 0 Å². The molecule has 11 heteroatoms. The van der Waals surface area contributed by atoms with Crippen molar-refractivity contribution in [2.24, 2.45) is 0 Å². The Morgan fingerprint density at radius 2 is 1.00 bits per heavy atom. The minimum atomic E-state index is -3.63. The van der Waals surface area contributed by atoms with Crippen molar-refractivity contribution in [3.05, 3.63) is 15.3 Å². The van der Waals surface area contributed by atoms with Crippen LogP contribution in [0.1, 0.15) is 0 Å². The van der Waals surface area contributed by atoms with Crippen molar-refractivity contribution in [2.75, 3.05) is 0 Å². The molecule has 11 heavy (non-hydrogen) atoms. The zero-order chi connectivity index (χ0) is 7.15. The van der Waals surface area contributed by atoms with Gasteiger partial charge in [-0.15, -0.1) is 0 Å². The van der Waals surface area contributed by atoms with E-state index >= 15 is 0 Å². The summed E-state index contributed by atoms with van der Waals surface area (Å²) in [6.45, 7) is 0. The van der Waals surface area contributed by atoms with E-state index in [9.17, 15) is 0 Å². The van der Waals surface area contributed by atoms with Crippen LogP contribution in [0, 0.1) is 15.3 Å². The Labute approximate surface area is 124 Å². The van der Waals surface area contributed by atoms with Crippen LogP contribution in [0.4, 0.5) is 0 Å². The van der Waals surface area contributed by atoms with Crippen molar-refractivity contribution in [3.8, 4) is 0 Å². The van der Waals surface area contributed by atoms with Crippen LogP contribution < -0.4 is 9.59 Å². The number of hydrogen-bond acceptors (Lipinski definition) is 6. The van der Waals surface area contributed by atoms with Gasteiger partial charge in [0.25, 0.3) is 0 Å². The Balaban J connectivity index is -0.0000000171. The van der Waals surface area contributed by atoms with E-state index in [4.69, 9.17) is 29.4 Å². The smallest absolute Gasteiger partial charge is 0.672 e.